The molecule has 158 valence electrons. The van der Waals surface area contributed by atoms with Crippen LogP contribution < -0.4 is 14.9 Å². The maximum Gasteiger partial charge on any atom is 0.322 e. The lowest BCUT2D eigenvalue weighted by Gasteiger charge is -2.24. The fourth-order valence-electron chi connectivity index (χ4n) is 4.08. The zero-order valence-corrected chi connectivity index (χ0v) is 17.9. The monoisotopic (exact) mass is 434 g/mol. The van der Waals surface area contributed by atoms with E-state index in [0.717, 1.165) is 39.5 Å². The molecule has 1 amide bonds. The van der Waals surface area contributed by atoms with Crippen molar-refractivity contribution in [3.05, 3.63) is 79.9 Å². The van der Waals surface area contributed by atoms with Crippen LogP contribution in [-0.4, -0.2) is 40.2 Å². The first-order valence-corrected chi connectivity index (χ1v) is 11.0. The van der Waals surface area contributed by atoms with Gasteiger partial charge in [-0.05, 0) is 42.3 Å². The van der Waals surface area contributed by atoms with Crippen molar-refractivity contribution in [3.8, 4) is 5.75 Å². The van der Waals surface area contributed by atoms with Crippen molar-refractivity contribution in [2.45, 2.75) is 25.9 Å². The molecule has 0 saturated heterocycles. The smallest absolute Gasteiger partial charge is 0.322 e. The predicted octanol–water partition coefficient (Wildman–Crippen LogP) is 3.31. The van der Waals surface area contributed by atoms with Gasteiger partial charge in [0.15, 0.2) is 0 Å². The van der Waals surface area contributed by atoms with Crippen molar-refractivity contribution in [1.82, 2.24) is 15.1 Å². The number of hydrogen-bond acceptors (Lipinski definition) is 6. The predicted molar refractivity (Wildman–Crippen MR) is 121 cm³/mol. The molecule has 0 aliphatic carbocycles. The molecule has 2 aliphatic heterocycles. The van der Waals surface area contributed by atoms with Crippen LogP contribution in [0.25, 0.3) is 5.57 Å². The maximum atomic E-state index is 12.7. The summed E-state index contributed by atoms with van der Waals surface area (Å²) in [5.74, 6) is 0.761. The Labute approximate surface area is 183 Å². The number of aromatic amines is 1. The maximum absolute atomic E-state index is 12.7. The summed E-state index contributed by atoms with van der Waals surface area (Å²) in [5, 5.41) is 10.6. The molecule has 31 heavy (non-hydrogen) atoms. The SMILES string of the molecule is CC1C=C(COc2ccc3c(c2)CN(CCc2n[nH]c(=O)s2)C3=O)c2ccccc2N1. The summed E-state index contributed by atoms with van der Waals surface area (Å²) < 4.78 is 6.11. The highest BCUT2D eigenvalue weighted by atomic mass is 32.1. The van der Waals surface area contributed by atoms with Crippen molar-refractivity contribution < 1.29 is 9.53 Å². The molecule has 1 aromatic heterocycles. The minimum absolute atomic E-state index is 0.00764. The van der Waals surface area contributed by atoms with Crippen LogP contribution in [0.5, 0.6) is 5.75 Å². The van der Waals surface area contributed by atoms with Gasteiger partial charge in [0.2, 0.25) is 0 Å². The van der Waals surface area contributed by atoms with Gasteiger partial charge in [0.25, 0.3) is 5.91 Å². The van der Waals surface area contributed by atoms with Crippen LogP contribution in [0.1, 0.15) is 33.4 Å². The standard InChI is InChI=1S/C23H22N4O3S/c1-14-10-16(18-4-2-3-5-20(18)24-14)13-30-17-6-7-19-15(11-17)12-27(22(19)28)9-8-21-25-26-23(29)31-21/h2-7,10-11,14,24H,8-9,12-13H2,1H3,(H,26,29). The molecule has 0 fully saturated rings. The number of aromatic nitrogens is 2. The lowest BCUT2D eigenvalue weighted by Crippen LogP contribution is -2.26. The van der Waals surface area contributed by atoms with E-state index in [2.05, 4.69) is 40.6 Å². The molecule has 3 aromatic rings. The normalized spacial score (nSPS) is 17.1. The lowest BCUT2D eigenvalue weighted by molar-refractivity contribution is 0.0780. The van der Waals surface area contributed by atoms with Crippen LogP contribution in [0.4, 0.5) is 5.69 Å². The number of H-pyrrole nitrogens is 1. The molecular weight excluding hydrogens is 412 g/mol. The minimum Gasteiger partial charge on any atom is -0.489 e. The van der Waals surface area contributed by atoms with Crippen molar-refractivity contribution in [3.63, 3.8) is 0 Å². The molecule has 2 aliphatic rings. The van der Waals surface area contributed by atoms with E-state index in [9.17, 15) is 9.59 Å². The van der Waals surface area contributed by atoms with Gasteiger partial charge in [-0.1, -0.05) is 35.6 Å². The molecule has 2 N–H and O–H groups in total. The number of amides is 1. The molecule has 0 radical (unpaired) electrons. The Kier molecular flexibility index (Phi) is 5.07. The molecule has 1 unspecified atom stereocenters. The quantitative estimate of drug-likeness (QED) is 0.622. The molecular formula is C23H22N4O3S. The molecule has 3 heterocycles. The van der Waals surface area contributed by atoms with Crippen molar-refractivity contribution in [1.29, 1.82) is 0 Å². The second-order valence-corrected chi connectivity index (χ2v) is 8.81. The number of carbonyl (C=O) groups is 1. The second-order valence-electron chi connectivity index (χ2n) is 7.76. The molecule has 8 heteroatoms. The number of rotatable bonds is 6. The van der Waals surface area contributed by atoms with Gasteiger partial charge in [-0.15, -0.1) is 0 Å². The van der Waals surface area contributed by atoms with E-state index in [1.54, 1.807) is 4.90 Å². The third-order valence-corrected chi connectivity index (χ3v) is 6.34. The van der Waals surface area contributed by atoms with Gasteiger partial charge >= 0.3 is 4.87 Å². The summed E-state index contributed by atoms with van der Waals surface area (Å²) in [6, 6.07) is 14.1. The topological polar surface area (TPSA) is 87.3 Å². The fourth-order valence-corrected chi connectivity index (χ4v) is 4.67. The lowest BCUT2D eigenvalue weighted by atomic mass is 9.98. The second kappa shape index (κ2) is 8.03. The molecule has 1 atom stereocenters. The first kappa shape index (κ1) is 19.6. The van der Waals surface area contributed by atoms with Gasteiger partial charge in [0, 0.05) is 42.4 Å². The third kappa shape index (κ3) is 3.98. The zero-order chi connectivity index (χ0) is 21.4. The van der Waals surface area contributed by atoms with E-state index in [1.807, 2.05) is 30.3 Å². The Bertz CT molecular complexity index is 1230. The largest absolute Gasteiger partial charge is 0.489 e. The number of carbonyl (C=O) groups excluding carboxylic acids is 1. The summed E-state index contributed by atoms with van der Waals surface area (Å²) in [6.07, 6.45) is 2.75. The van der Waals surface area contributed by atoms with Crippen LogP contribution in [0.15, 0.2) is 53.3 Å². The molecule has 2 aromatic carbocycles. The van der Waals surface area contributed by atoms with E-state index < -0.39 is 0 Å². The highest BCUT2D eigenvalue weighted by Gasteiger charge is 2.27. The molecule has 0 spiro atoms. The van der Waals surface area contributed by atoms with Crippen molar-refractivity contribution in [2.24, 2.45) is 0 Å². The first-order chi connectivity index (χ1) is 15.1. The summed E-state index contributed by atoms with van der Waals surface area (Å²) in [5.41, 5.74) is 5.10. The Hall–Kier alpha value is -3.39. The van der Waals surface area contributed by atoms with E-state index in [4.69, 9.17) is 4.74 Å². The summed E-state index contributed by atoms with van der Waals surface area (Å²) >= 11 is 1.08. The van der Waals surface area contributed by atoms with E-state index in [1.165, 1.54) is 0 Å². The Morgan fingerprint density at radius 3 is 2.90 bits per heavy atom. The number of nitrogens with one attached hydrogen (secondary N) is 2. The highest BCUT2D eigenvalue weighted by Crippen LogP contribution is 2.31. The number of ether oxygens (including phenoxy) is 1. The van der Waals surface area contributed by atoms with Gasteiger partial charge in [-0.2, -0.15) is 5.10 Å². The van der Waals surface area contributed by atoms with Gasteiger partial charge in [-0.3, -0.25) is 9.59 Å². The minimum atomic E-state index is -0.172. The Morgan fingerprint density at radius 2 is 2.06 bits per heavy atom. The van der Waals surface area contributed by atoms with Gasteiger partial charge in [0.1, 0.15) is 17.4 Å². The van der Waals surface area contributed by atoms with Crippen LogP contribution >= 0.6 is 11.3 Å². The number of nitrogens with zero attached hydrogens (tertiary/aromatic N) is 2. The average molecular weight is 435 g/mol. The van der Waals surface area contributed by atoms with Crippen molar-refractivity contribution in [2.75, 3.05) is 18.5 Å². The summed E-state index contributed by atoms with van der Waals surface area (Å²) in [6.45, 7) is 3.65. The van der Waals surface area contributed by atoms with E-state index >= 15 is 0 Å². The molecule has 0 bridgehead atoms. The van der Waals surface area contributed by atoms with Gasteiger partial charge < -0.3 is 15.0 Å². The zero-order valence-electron chi connectivity index (χ0n) is 17.1. The van der Waals surface area contributed by atoms with Crippen LogP contribution in [-0.2, 0) is 13.0 Å². The molecule has 7 nitrogen and oxygen atoms in total. The van der Waals surface area contributed by atoms with Gasteiger partial charge in [0.05, 0.1) is 0 Å². The molecule has 0 saturated carbocycles. The van der Waals surface area contributed by atoms with Crippen LogP contribution in [0, 0.1) is 0 Å². The number of fused-ring (bicyclic) bond motifs is 2. The third-order valence-electron chi connectivity index (χ3n) is 5.54. The van der Waals surface area contributed by atoms with E-state index in [0.29, 0.717) is 36.7 Å². The Morgan fingerprint density at radius 1 is 1.19 bits per heavy atom. The first-order valence-electron chi connectivity index (χ1n) is 10.2. The number of hydrogen-bond donors (Lipinski definition) is 2. The highest BCUT2D eigenvalue weighted by molar-refractivity contribution is 7.08. The summed E-state index contributed by atoms with van der Waals surface area (Å²) in [7, 11) is 0. The van der Waals surface area contributed by atoms with Gasteiger partial charge in [-0.25, -0.2) is 5.10 Å². The number of para-hydroxylation sites is 1. The average Bonchev–Trinajstić information content (AvgIpc) is 3.32. The van der Waals surface area contributed by atoms with Crippen molar-refractivity contribution >= 4 is 28.5 Å². The number of anilines is 1. The summed E-state index contributed by atoms with van der Waals surface area (Å²) in [4.78, 5) is 25.5. The molecule has 5 rings (SSSR count). The fraction of sp³-hybridized carbons (Fsp3) is 0.261. The van der Waals surface area contributed by atoms with E-state index in [-0.39, 0.29) is 16.8 Å². The van der Waals surface area contributed by atoms with Crippen LogP contribution in [0.2, 0.25) is 0 Å². The number of benzene rings is 2. The Balaban J connectivity index is 1.26. The van der Waals surface area contributed by atoms with Crippen LogP contribution in [0.3, 0.4) is 0 Å².